The van der Waals surface area contributed by atoms with E-state index in [1.807, 2.05) is 13.8 Å². The van der Waals surface area contributed by atoms with Crippen LogP contribution in [-0.2, 0) is 16.0 Å². The third-order valence-electron chi connectivity index (χ3n) is 7.08. The molecular formula is C24H34N3O3+. The molecule has 2 N–H and O–H groups in total. The fourth-order valence-electron chi connectivity index (χ4n) is 5.26. The van der Waals surface area contributed by atoms with Gasteiger partial charge in [-0.1, -0.05) is 24.3 Å². The van der Waals surface area contributed by atoms with Crippen LogP contribution in [-0.4, -0.2) is 53.7 Å². The largest absolute Gasteiger partial charge is 0.450 e. The van der Waals surface area contributed by atoms with E-state index in [-0.39, 0.29) is 24.2 Å². The summed E-state index contributed by atoms with van der Waals surface area (Å²) in [6, 6.07) is 9.15. The van der Waals surface area contributed by atoms with Crippen LogP contribution >= 0.6 is 0 Å². The molecule has 0 radical (unpaired) electrons. The van der Waals surface area contributed by atoms with Gasteiger partial charge < -0.3 is 15.0 Å². The molecule has 2 aliphatic heterocycles. The minimum atomic E-state index is -0.209. The number of quaternary nitrogens is 1. The molecule has 1 aromatic rings. The number of carbonyl (C=O) groups is 2. The van der Waals surface area contributed by atoms with E-state index in [1.165, 1.54) is 16.7 Å². The molecule has 1 saturated heterocycles. The molecule has 4 rings (SSSR count). The summed E-state index contributed by atoms with van der Waals surface area (Å²) >= 11 is 0. The molecule has 3 aliphatic rings. The molecule has 2 atom stereocenters. The van der Waals surface area contributed by atoms with E-state index in [9.17, 15) is 9.59 Å². The van der Waals surface area contributed by atoms with Gasteiger partial charge in [-0.3, -0.25) is 9.69 Å². The van der Waals surface area contributed by atoms with Crippen LogP contribution in [0.4, 0.5) is 4.79 Å². The average Bonchev–Trinajstić information content (AvgIpc) is 2.97. The topological polar surface area (TPSA) is 66.5 Å². The van der Waals surface area contributed by atoms with Gasteiger partial charge in [0, 0.05) is 37.1 Å². The molecule has 6 heteroatoms. The number of nitrogens with two attached hydrogens (primary N) is 1. The highest BCUT2D eigenvalue weighted by Gasteiger charge is 2.44. The Labute approximate surface area is 179 Å². The van der Waals surface area contributed by atoms with Crippen molar-refractivity contribution in [3.05, 3.63) is 46.5 Å². The fourth-order valence-corrected chi connectivity index (χ4v) is 5.26. The highest BCUT2D eigenvalue weighted by molar-refractivity contribution is 5.97. The number of nitrogens with zero attached hydrogens (tertiary/aromatic N) is 2. The lowest BCUT2D eigenvalue weighted by Crippen LogP contribution is -2.98. The Balaban J connectivity index is 1.49. The number of hydrogen-bond acceptors (Lipinski definition) is 3. The lowest BCUT2D eigenvalue weighted by molar-refractivity contribution is -0.731. The van der Waals surface area contributed by atoms with Crippen LogP contribution in [0.25, 0.3) is 0 Å². The minimum Gasteiger partial charge on any atom is -0.450 e. The van der Waals surface area contributed by atoms with Crippen molar-refractivity contribution in [3.63, 3.8) is 0 Å². The predicted octanol–water partition coefficient (Wildman–Crippen LogP) is 2.75. The van der Waals surface area contributed by atoms with E-state index in [0.29, 0.717) is 25.7 Å². The van der Waals surface area contributed by atoms with Crippen molar-refractivity contribution in [1.29, 1.82) is 0 Å². The lowest BCUT2D eigenvalue weighted by Gasteiger charge is -2.38. The molecule has 30 heavy (non-hydrogen) atoms. The Kier molecular flexibility index (Phi) is 6.14. The van der Waals surface area contributed by atoms with E-state index in [4.69, 9.17) is 4.74 Å². The minimum absolute atomic E-state index is 0.0489. The molecular weight excluding hydrogens is 378 g/mol. The fraction of sp³-hybridized carbons (Fsp3) is 0.583. The number of benzene rings is 1. The number of amides is 2. The summed E-state index contributed by atoms with van der Waals surface area (Å²) in [6.45, 7) is 7.76. The predicted molar refractivity (Wildman–Crippen MR) is 115 cm³/mol. The number of piperidine rings is 1. The zero-order valence-electron chi connectivity index (χ0n) is 18.4. The summed E-state index contributed by atoms with van der Waals surface area (Å²) in [4.78, 5) is 29.2. The Morgan fingerprint density at radius 2 is 1.90 bits per heavy atom. The summed E-state index contributed by atoms with van der Waals surface area (Å²) in [5.74, 6) is 0.180. The SMILES string of the molecule is CCOC(=O)N1CCC([NH2+][C@H]2C(C)=C(C)C(=O)N2[C@@H]2CCCc3ccccc32)CC1. The summed E-state index contributed by atoms with van der Waals surface area (Å²) < 4.78 is 5.14. The Morgan fingerprint density at radius 1 is 1.17 bits per heavy atom. The van der Waals surface area contributed by atoms with Gasteiger partial charge in [0.15, 0.2) is 6.17 Å². The first kappa shape index (κ1) is 20.9. The van der Waals surface area contributed by atoms with Gasteiger partial charge in [-0.2, -0.15) is 0 Å². The first-order chi connectivity index (χ1) is 14.5. The van der Waals surface area contributed by atoms with E-state index >= 15 is 0 Å². The van der Waals surface area contributed by atoms with E-state index in [0.717, 1.165) is 37.7 Å². The second-order valence-electron chi connectivity index (χ2n) is 8.79. The van der Waals surface area contributed by atoms with Gasteiger partial charge in [0.05, 0.1) is 18.7 Å². The second kappa shape index (κ2) is 8.80. The maximum absolute atomic E-state index is 13.3. The number of fused-ring (bicyclic) bond motifs is 1. The molecule has 6 nitrogen and oxygen atoms in total. The van der Waals surface area contributed by atoms with Crippen molar-refractivity contribution in [1.82, 2.24) is 9.80 Å². The number of aryl methyl sites for hydroxylation is 1. The lowest BCUT2D eigenvalue weighted by atomic mass is 9.86. The first-order valence-corrected chi connectivity index (χ1v) is 11.4. The number of ether oxygens (including phenoxy) is 1. The van der Waals surface area contributed by atoms with Crippen LogP contribution in [0.5, 0.6) is 0 Å². The molecule has 0 aromatic heterocycles. The third-order valence-corrected chi connectivity index (χ3v) is 7.08. The highest BCUT2D eigenvalue weighted by atomic mass is 16.6. The zero-order valence-corrected chi connectivity index (χ0v) is 18.4. The molecule has 0 unspecified atom stereocenters. The molecule has 1 fully saturated rings. The normalized spacial score (nSPS) is 25.0. The number of carbonyl (C=O) groups excluding carboxylic acids is 2. The van der Waals surface area contributed by atoms with Crippen LogP contribution in [0.2, 0.25) is 0 Å². The quantitative estimate of drug-likeness (QED) is 0.827. The molecule has 1 aliphatic carbocycles. The maximum Gasteiger partial charge on any atom is 0.409 e. The molecule has 2 heterocycles. The first-order valence-electron chi connectivity index (χ1n) is 11.4. The van der Waals surface area contributed by atoms with Gasteiger partial charge in [-0.15, -0.1) is 0 Å². The molecule has 0 bridgehead atoms. The van der Waals surface area contributed by atoms with Crippen LogP contribution in [0.3, 0.4) is 0 Å². The standard InChI is InChI=1S/C24H33N3O3/c1-4-30-24(29)26-14-12-19(13-15-26)25-22-16(2)17(3)23(28)27(22)21-11-7-9-18-8-5-6-10-20(18)21/h5-6,8,10,19,21-22,25H,4,7,9,11-15H2,1-3H3/p+1/t21-,22-/m1/s1. The zero-order chi connectivity index (χ0) is 21.3. The van der Waals surface area contributed by atoms with Crippen LogP contribution in [0.1, 0.15) is 63.6 Å². The van der Waals surface area contributed by atoms with Gasteiger partial charge >= 0.3 is 6.09 Å². The van der Waals surface area contributed by atoms with Gasteiger partial charge in [0.25, 0.3) is 5.91 Å². The number of hydrogen-bond donors (Lipinski definition) is 1. The van der Waals surface area contributed by atoms with Gasteiger partial charge in [0.2, 0.25) is 0 Å². The van der Waals surface area contributed by atoms with Crippen molar-refractivity contribution in [2.75, 3.05) is 19.7 Å². The summed E-state index contributed by atoms with van der Waals surface area (Å²) in [5, 5.41) is 2.38. The molecule has 2 amide bonds. The van der Waals surface area contributed by atoms with Gasteiger partial charge in [-0.05, 0) is 51.2 Å². The van der Waals surface area contributed by atoms with Crippen molar-refractivity contribution < 1.29 is 19.6 Å². The van der Waals surface area contributed by atoms with Gasteiger partial charge in [-0.25, -0.2) is 4.79 Å². The van der Waals surface area contributed by atoms with E-state index in [1.54, 1.807) is 4.90 Å². The van der Waals surface area contributed by atoms with E-state index < -0.39 is 0 Å². The van der Waals surface area contributed by atoms with Gasteiger partial charge in [0.1, 0.15) is 0 Å². The Hall–Kier alpha value is -2.34. The van der Waals surface area contributed by atoms with Crippen molar-refractivity contribution in [2.24, 2.45) is 0 Å². The summed E-state index contributed by atoms with van der Waals surface area (Å²) in [5.41, 5.74) is 4.76. The van der Waals surface area contributed by atoms with Crippen molar-refractivity contribution in [2.45, 2.75) is 71.1 Å². The summed E-state index contributed by atoms with van der Waals surface area (Å²) in [6.07, 6.45) is 4.92. The number of likely N-dealkylation sites (tertiary alicyclic amines) is 1. The molecule has 0 saturated carbocycles. The molecule has 1 aromatic carbocycles. The van der Waals surface area contributed by atoms with Crippen molar-refractivity contribution in [3.8, 4) is 0 Å². The smallest absolute Gasteiger partial charge is 0.409 e. The van der Waals surface area contributed by atoms with E-state index in [2.05, 4.69) is 41.4 Å². The van der Waals surface area contributed by atoms with Crippen LogP contribution < -0.4 is 5.32 Å². The monoisotopic (exact) mass is 412 g/mol. The Bertz CT molecular complexity index is 842. The summed E-state index contributed by atoms with van der Waals surface area (Å²) in [7, 11) is 0. The highest BCUT2D eigenvalue weighted by Crippen LogP contribution is 2.39. The van der Waals surface area contributed by atoms with Crippen LogP contribution in [0, 0.1) is 0 Å². The molecule has 162 valence electrons. The molecule has 0 spiro atoms. The van der Waals surface area contributed by atoms with Crippen molar-refractivity contribution >= 4 is 12.0 Å². The van der Waals surface area contributed by atoms with Crippen LogP contribution in [0.15, 0.2) is 35.4 Å². The second-order valence-corrected chi connectivity index (χ2v) is 8.79. The maximum atomic E-state index is 13.3. The third kappa shape index (κ3) is 3.85. The number of rotatable bonds is 4. The Morgan fingerprint density at radius 3 is 2.63 bits per heavy atom. The average molecular weight is 413 g/mol.